The maximum Gasteiger partial charge on any atom is 0.242 e. The molecule has 88 valence electrons. The summed E-state index contributed by atoms with van der Waals surface area (Å²) in [5.41, 5.74) is 3.20. The molecule has 1 rings (SSSR count). The SMILES string of the molecule is Cc1cc(C)c(OP(C)(C)=O)c(C)c1C=O. The first kappa shape index (κ1) is 13.0. The Kier molecular flexibility index (Phi) is 3.59. The van der Waals surface area contributed by atoms with Gasteiger partial charge in [-0.1, -0.05) is 6.07 Å². The van der Waals surface area contributed by atoms with Gasteiger partial charge >= 0.3 is 0 Å². The molecular formula is C12H17O3P. The van der Waals surface area contributed by atoms with Gasteiger partial charge in [0.1, 0.15) is 5.75 Å². The third kappa shape index (κ3) is 2.73. The zero-order valence-corrected chi connectivity index (χ0v) is 11.2. The molecule has 0 N–H and O–H groups in total. The second-order valence-corrected chi connectivity index (χ2v) is 7.03. The van der Waals surface area contributed by atoms with Gasteiger partial charge in [-0.15, -0.1) is 0 Å². The summed E-state index contributed by atoms with van der Waals surface area (Å²) < 4.78 is 17.1. The number of carbonyl (C=O) groups is 1. The fourth-order valence-electron chi connectivity index (χ4n) is 1.72. The largest absolute Gasteiger partial charge is 0.443 e. The monoisotopic (exact) mass is 240 g/mol. The van der Waals surface area contributed by atoms with E-state index in [0.29, 0.717) is 11.3 Å². The van der Waals surface area contributed by atoms with Gasteiger partial charge in [0.15, 0.2) is 6.29 Å². The van der Waals surface area contributed by atoms with Gasteiger partial charge in [0.25, 0.3) is 0 Å². The molecule has 0 amide bonds. The van der Waals surface area contributed by atoms with Crippen molar-refractivity contribution in [1.29, 1.82) is 0 Å². The van der Waals surface area contributed by atoms with Crippen LogP contribution < -0.4 is 4.52 Å². The Morgan fingerprint density at radius 1 is 1.19 bits per heavy atom. The van der Waals surface area contributed by atoms with E-state index < -0.39 is 7.37 Å². The minimum atomic E-state index is -2.60. The van der Waals surface area contributed by atoms with Crippen molar-refractivity contribution in [1.82, 2.24) is 0 Å². The summed E-state index contributed by atoms with van der Waals surface area (Å²) in [5, 5.41) is 0. The highest BCUT2D eigenvalue weighted by Crippen LogP contribution is 2.42. The van der Waals surface area contributed by atoms with Gasteiger partial charge < -0.3 is 4.52 Å². The maximum absolute atomic E-state index is 11.7. The normalized spacial score (nSPS) is 11.3. The Balaban J connectivity index is 3.40. The van der Waals surface area contributed by atoms with E-state index in [1.807, 2.05) is 26.8 Å². The predicted octanol–water partition coefficient (Wildman–Crippen LogP) is 3.34. The molecule has 0 saturated heterocycles. The Bertz CT molecular complexity index is 472. The third-order valence-corrected chi connectivity index (χ3v) is 3.01. The van der Waals surface area contributed by atoms with Crippen LogP contribution >= 0.6 is 7.37 Å². The molecule has 0 unspecified atom stereocenters. The summed E-state index contributed by atoms with van der Waals surface area (Å²) in [5.74, 6) is 0.570. The van der Waals surface area contributed by atoms with E-state index in [2.05, 4.69) is 0 Å². The molecular weight excluding hydrogens is 223 g/mol. The maximum atomic E-state index is 11.7. The summed E-state index contributed by atoms with van der Waals surface area (Å²) in [6.45, 7) is 8.71. The molecule has 0 aliphatic rings. The molecule has 1 aromatic carbocycles. The van der Waals surface area contributed by atoms with Crippen LogP contribution in [0.4, 0.5) is 0 Å². The van der Waals surface area contributed by atoms with Crippen LogP contribution in [0.5, 0.6) is 5.75 Å². The third-order valence-electron chi connectivity index (χ3n) is 2.39. The smallest absolute Gasteiger partial charge is 0.242 e. The summed E-state index contributed by atoms with van der Waals surface area (Å²) in [6, 6.07) is 1.88. The molecule has 0 bridgehead atoms. The van der Waals surface area contributed by atoms with E-state index in [-0.39, 0.29) is 0 Å². The summed E-state index contributed by atoms with van der Waals surface area (Å²) in [7, 11) is -2.60. The van der Waals surface area contributed by atoms with Gasteiger partial charge in [0.2, 0.25) is 7.37 Å². The molecule has 0 heterocycles. The van der Waals surface area contributed by atoms with E-state index in [1.54, 1.807) is 13.3 Å². The zero-order valence-electron chi connectivity index (χ0n) is 10.3. The van der Waals surface area contributed by atoms with Crippen molar-refractivity contribution in [2.45, 2.75) is 20.8 Å². The van der Waals surface area contributed by atoms with Crippen molar-refractivity contribution in [2.75, 3.05) is 13.3 Å². The molecule has 0 atom stereocenters. The minimum Gasteiger partial charge on any atom is -0.443 e. The number of hydrogen-bond acceptors (Lipinski definition) is 3. The van der Waals surface area contributed by atoms with Crippen molar-refractivity contribution < 1.29 is 13.9 Å². The minimum absolute atomic E-state index is 0.570. The number of hydrogen-bond donors (Lipinski definition) is 0. The molecule has 3 nitrogen and oxygen atoms in total. The van der Waals surface area contributed by atoms with Crippen molar-refractivity contribution in [3.8, 4) is 5.75 Å². The first-order valence-corrected chi connectivity index (χ1v) is 7.58. The van der Waals surface area contributed by atoms with Crippen LogP contribution in [0.25, 0.3) is 0 Å². The van der Waals surface area contributed by atoms with Crippen LogP contribution in [-0.4, -0.2) is 19.6 Å². The van der Waals surface area contributed by atoms with Crippen molar-refractivity contribution >= 4 is 13.7 Å². The molecule has 16 heavy (non-hydrogen) atoms. The van der Waals surface area contributed by atoms with E-state index in [0.717, 1.165) is 23.0 Å². The number of aldehydes is 1. The van der Waals surface area contributed by atoms with E-state index >= 15 is 0 Å². The van der Waals surface area contributed by atoms with E-state index in [1.165, 1.54) is 0 Å². The highest BCUT2D eigenvalue weighted by Gasteiger charge is 2.16. The first-order chi connectivity index (χ1) is 7.26. The fraction of sp³-hybridized carbons (Fsp3) is 0.417. The highest BCUT2D eigenvalue weighted by atomic mass is 31.2. The second kappa shape index (κ2) is 4.42. The Morgan fingerprint density at radius 3 is 2.19 bits per heavy atom. The molecule has 1 aromatic rings. The van der Waals surface area contributed by atoms with Crippen molar-refractivity contribution in [3.63, 3.8) is 0 Å². The Hall–Kier alpha value is -1.08. The Morgan fingerprint density at radius 2 is 1.75 bits per heavy atom. The van der Waals surface area contributed by atoms with Crippen molar-refractivity contribution in [3.05, 3.63) is 28.3 Å². The number of rotatable bonds is 3. The lowest BCUT2D eigenvalue weighted by Gasteiger charge is -2.17. The van der Waals surface area contributed by atoms with Gasteiger partial charge in [0.05, 0.1) is 0 Å². The average Bonchev–Trinajstić information content (AvgIpc) is 2.11. The molecule has 0 aliphatic heterocycles. The summed E-state index contributed by atoms with van der Waals surface area (Å²) >= 11 is 0. The molecule has 0 aromatic heterocycles. The van der Waals surface area contributed by atoms with Gasteiger partial charge in [-0.2, -0.15) is 0 Å². The molecule has 0 fully saturated rings. The van der Waals surface area contributed by atoms with Crippen LogP contribution in [0.2, 0.25) is 0 Å². The van der Waals surface area contributed by atoms with E-state index in [9.17, 15) is 9.36 Å². The zero-order chi connectivity index (χ0) is 12.5. The van der Waals surface area contributed by atoms with Gasteiger partial charge in [-0.05, 0) is 31.9 Å². The standard InChI is InChI=1S/C12H17O3P/c1-8-6-9(2)12(15-16(4,5)14)10(3)11(8)7-13/h6-7H,1-5H3. The van der Waals surface area contributed by atoms with Crippen molar-refractivity contribution in [2.24, 2.45) is 0 Å². The highest BCUT2D eigenvalue weighted by molar-refractivity contribution is 7.57. The summed E-state index contributed by atoms with van der Waals surface area (Å²) in [4.78, 5) is 11.0. The molecule has 0 aliphatic carbocycles. The fourth-order valence-corrected chi connectivity index (χ4v) is 2.44. The van der Waals surface area contributed by atoms with Gasteiger partial charge in [-0.25, -0.2) is 0 Å². The van der Waals surface area contributed by atoms with Crippen LogP contribution in [0.3, 0.4) is 0 Å². The lowest BCUT2D eigenvalue weighted by molar-refractivity contribution is 0.112. The molecule has 0 spiro atoms. The topological polar surface area (TPSA) is 43.4 Å². The molecule has 0 saturated carbocycles. The van der Waals surface area contributed by atoms with Crippen LogP contribution in [0.1, 0.15) is 27.0 Å². The van der Waals surface area contributed by atoms with Crippen LogP contribution in [0, 0.1) is 20.8 Å². The van der Waals surface area contributed by atoms with Crippen LogP contribution in [0.15, 0.2) is 6.07 Å². The number of aryl methyl sites for hydroxylation is 2. The lowest BCUT2D eigenvalue weighted by atomic mass is 9.99. The average molecular weight is 240 g/mol. The van der Waals surface area contributed by atoms with Gasteiger partial charge in [0, 0.05) is 24.5 Å². The lowest BCUT2D eigenvalue weighted by Crippen LogP contribution is -2.00. The quantitative estimate of drug-likeness (QED) is 0.601. The predicted molar refractivity (Wildman–Crippen MR) is 66.1 cm³/mol. The number of benzene rings is 1. The first-order valence-electron chi connectivity index (χ1n) is 5.07. The van der Waals surface area contributed by atoms with Crippen LogP contribution in [-0.2, 0) is 4.57 Å². The molecule has 0 radical (unpaired) electrons. The van der Waals surface area contributed by atoms with E-state index in [4.69, 9.17) is 4.52 Å². The van der Waals surface area contributed by atoms with Gasteiger partial charge in [-0.3, -0.25) is 9.36 Å². The summed E-state index contributed by atoms with van der Waals surface area (Å²) in [6.07, 6.45) is 0.813. The number of carbonyl (C=O) groups excluding carboxylic acids is 1. The Labute approximate surface area is 96.3 Å². The second-order valence-electron chi connectivity index (χ2n) is 4.34. The molecule has 4 heteroatoms.